The van der Waals surface area contributed by atoms with Gasteiger partial charge < -0.3 is 5.73 Å². The summed E-state index contributed by atoms with van der Waals surface area (Å²) in [5.41, 5.74) is 8.04. The van der Waals surface area contributed by atoms with Gasteiger partial charge in [0.25, 0.3) is 0 Å². The van der Waals surface area contributed by atoms with E-state index >= 15 is 0 Å². The van der Waals surface area contributed by atoms with Gasteiger partial charge in [0.1, 0.15) is 5.82 Å². The maximum Gasteiger partial charge on any atom is 0.151 e. The second kappa shape index (κ2) is 3.92. The average Bonchev–Trinajstić information content (AvgIpc) is 2.31. The quantitative estimate of drug-likeness (QED) is 0.752. The van der Waals surface area contributed by atoms with E-state index in [1.165, 1.54) is 6.20 Å². The number of rotatable bonds is 2. The third kappa shape index (κ3) is 1.86. The summed E-state index contributed by atoms with van der Waals surface area (Å²) in [7, 11) is 0. The Bertz CT molecular complexity index is 480. The maximum atomic E-state index is 10.6. The molecule has 1 aromatic heterocycles. The van der Waals surface area contributed by atoms with Crippen LogP contribution in [0.2, 0.25) is 0 Å². The molecule has 0 saturated heterocycles. The molecule has 2 aromatic rings. The van der Waals surface area contributed by atoms with Gasteiger partial charge >= 0.3 is 0 Å². The van der Waals surface area contributed by atoms with Crippen LogP contribution in [-0.2, 0) is 0 Å². The lowest BCUT2D eigenvalue weighted by atomic mass is 10.1. The van der Waals surface area contributed by atoms with E-state index in [1.807, 2.05) is 30.3 Å². The first-order valence-corrected chi connectivity index (χ1v) is 4.57. The first-order chi connectivity index (χ1) is 7.31. The summed E-state index contributed by atoms with van der Waals surface area (Å²) in [6.45, 7) is 0. The number of nitrogens with two attached hydrogens (primary N) is 1. The van der Waals surface area contributed by atoms with Crippen LogP contribution in [0.5, 0.6) is 0 Å². The largest absolute Gasteiger partial charge is 0.383 e. The number of aromatic nitrogens is 1. The summed E-state index contributed by atoms with van der Waals surface area (Å²) in [5, 5.41) is 0. The van der Waals surface area contributed by atoms with Crippen molar-refractivity contribution < 1.29 is 4.79 Å². The van der Waals surface area contributed by atoms with E-state index in [0.717, 1.165) is 17.4 Å². The smallest absolute Gasteiger partial charge is 0.151 e. The van der Waals surface area contributed by atoms with Gasteiger partial charge in [-0.25, -0.2) is 4.98 Å². The lowest BCUT2D eigenvalue weighted by Gasteiger charge is -2.04. The number of benzene rings is 1. The zero-order valence-electron chi connectivity index (χ0n) is 8.05. The van der Waals surface area contributed by atoms with Crippen molar-refractivity contribution in [2.75, 3.05) is 5.73 Å². The van der Waals surface area contributed by atoms with Gasteiger partial charge in [-0.05, 0) is 11.6 Å². The highest BCUT2D eigenvalue weighted by atomic mass is 16.1. The lowest BCUT2D eigenvalue weighted by molar-refractivity contribution is 0.112. The zero-order chi connectivity index (χ0) is 10.7. The van der Waals surface area contributed by atoms with E-state index in [1.54, 1.807) is 6.07 Å². The molecule has 0 unspecified atom stereocenters. The minimum atomic E-state index is 0.437. The predicted octanol–water partition coefficient (Wildman–Crippen LogP) is 2.14. The van der Waals surface area contributed by atoms with Crippen LogP contribution in [0.3, 0.4) is 0 Å². The van der Waals surface area contributed by atoms with Crippen molar-refractivity contribution in [1.29, 1.82) is 0 Å². The molecular formula is C12H10N2O. The van der Waals surface area contributed by atoms with Gasteiger partial charge in [0.2, 0.25) is 0 Å². The minimum absolute atomic E-state index is 0.437. The SMILES string of the molecule is Nc1ncc(C=O)cc1-c1ccccc1. The van der Waals surface area contributed by atoms with Crippen molar-refractivity contribution in [3.63, 3.8) is 0 Å². The monoisotopic (exact) mass is 198 g/mol. The molecule has 2 N–H and O–H groups in total. The van der Waals surface area contributed by atoms with Crippen molar-refractivity contribution in [1.82, 2.24) is 4.98 Å². The van der Waals surface area contributed by atoms with Gasteiger partial charge in [0, 0.05) is 17.3 Å². The molecule has 0 aliphatic heterocycles. The Morgan fingerprint density at radius 1 is 1.20 bits per heavy atom. The third-order valence-electron chi connectivity index (χ3n) is 2.16. The summed E-state index contributed by atoms with van der Waals surface area (Å²) in [5.74, 6) is 0.437. The van der Waals surface area contributed by atoms with Crippen LogP contribution in [0.25, 0.3) is 11.1 Å². The van der Waals surface area contributed by atoms with E-state index in [9.17, 15) is 4.79 Å². The second-order valence-electron chi connectivity index (χ2n) is 3.19. The topological polar surface area (TPSA) is 56.0 Å². The Morgan fingerprint density at radius 2 is 1.93 bits per heavy atom. The molecule has 3 heteroatoms. The highest BCUT2D eigenvalue weighted by Crippen LogP contribution is 2.24. The van der Waals surface area contributed by atoms with Crippen molar-refractivity contribution in [3.8, 4) is 11.1 Å². The van der Waals surface area contributed by atoms with Gasteiger partial charge in [-0.1, -0.05) is 30.3 Å². The fraction of sp³-hybridized carbons (Fsp3) is 0. The molecule has 0 spiro atoms. The minimum Gasteiger partial charge on any atom is -0.383 e. The number of anilines is 1. The highest BCUT2D eigenvalue weighted by molar-refractivity contribution is 5.82. The predicted molar refractivity (Wildman–Crippen MR) is 59.5 cm³/mol. The number of carbonyl (C=O) groups excluding carboxylic acids is 1. The van der Waals surface area contributed by atoms with Crippen LogP contribution < -0.4 is 5.73 Å². The van der Waals surface area contributed by atoms with Crippen molar-refractivity contribution >= 4 is 12.1 Å². The Hall–Kier alpha value is -2.16. The van der Waals surface area contributed by atoms with Gasteiger partial charge in [0.05, 0.1) is 0 Å². The molecule has 0 saturated carbocycles. The third-order valence-corrected chi connectivity index (χ3v) is 2.16. The normalized spacial score (nSPS) is 9.87. The van der Waals surface area contributed by atoms with Crippen LogP contribution in [0.1, 0.15) is 10.4 Å². The molecule has 15 heavy (non-hydrogen) atoms. The summed E-state index contributed by atoms with van der Waals surface area (Å²) >= 11 is 0. The average molecular weight is 198 g/mol. The molecule has 2 rings (SSSR count). The summed E-state index contributed by atoms with van der Waals surface area (Å²) in [4.78, 5) is 14.6. The number of pyridine rings is 1. The number of nitrogen functional groups attached to an aromatic ring is 1. The standard InChI is InChI=1S/C12H10N2O/c13-12-11(6-9(8-15)7-14-12)10-4-2-1-3-5-10/h1-8H,(H2,13,14). The Kier molecular flexibility index (Phi) is 2.46. The van der Waals surface area contributed by atoms with Gasteiger partial charge in [-0.3, -0.25) is 4.79 Å². The number of aldehydes is 1. The van der Waals surface area contributed by atoms with Crippen LogP contribution in [0.4, 0.5) is 5.82 Å². The van der Waals surface area contributed by atoms with Crippen LogP contribution in [0.15, 0.2) is 42.6 Å². The second-order valence-corrected chi connectivity index (χ2v) is 3.19. The highest BCUT2D eigenvalue weighted by Gasteiger charge is 2.04. The molecule has 0 atom stereocenters. The molecular weight excluding hydrogens is 188 g/mol. The molecule has 0 radical (unpaired) electrons. The fourth-order valence-corrected chi connectivity index (χ4v) is 1.40. The Labute approximate surface area is 87.6 Å². The van der Waals surface area contributed by atoms with Crippen molar-refractivity contribution in [3.05, 3.63) is 48.2 Å². The molecule has 0 bridgehead atoms. The first kappa shape index (κ1) is 9.40. The number of nitrogens with zero attached hydrogens (tertiary/aromatic N) is 1. The van der Waals surface area contributed by atoms with Crippen molar-refractivity contribution in [2.45, 2.75) is 0 Å². The van der Waals surface area contributed by atoms with Gasteiger partial charge in [0.15, 0.2) is 6.29 Å². The Morgan fingerprint density at radius 3 is 2.60 bits per heavy atom. The van der Waals surface area contributed by atoms with E-state index < -0.39 is 0 Å². The number of hydrogen-bond donors (Lipinski definition) is 1. The van der Waals surface area contributed by atoms with Crippen LogP contribution in [-0.4, -0.2) is 11.3 Å². The Balaban J connectivity index is 2.57. The number of carbonyl (C=O) groups is 1. The summed E-state index contributed by atoms with van der Waals surface area (Å²) < 4.78 is 0. The molecule has 0 aliphatic carbocycles. The maximum absolute atomic E-state index is 10.6. The summed E-state index contributed by atoms with van der Waals surface area (Å²) in [6.07, 6.45) is 2.23. The van der Waals surface area contributed by atoms with E-state index in [-0.39, 0.29) is 0 Å². The van der Waals surface area contributed by atoms with E-state index in [0.29, 0.717) is 11.4 Å². The zero-order valence-corrected chi connectivity index (χ0v) is 8.05. The molecule has 0 amide bonds. The summed E-state index contributed by atoms with van der Waals surface area (Å²) in [6, 6.07) is 11.4. The van der Waals surface area contributed by atoms with Crippen LogP contribution >= 0.6 is 0 Å². The fourth-order valence-electron chi connectivity index (χ4n) is 1.40. The molecule has 3 nitrogen and oxygen atoms in total. The molecule has 74 valence electrons. The lowest BCUT2D eigenvalue weighted by Crippen LogP contribution is -1.95. The van der Waals surface area contributed by atoms with Gasteiger partial charge in [-0.15, -0.1) is 0 Å². The molecule has 0 fully saturated rings. The van der Waals surface area contributed by atoms with Crippen LogP contribution in [0, 0.1) is 0 Å². The van der Waals surface area contributed by atoms with Gasteiger partial charge in [-0.2, -0.15) is 0 Å². The molecule has 1 heterocycles. The number of hydrogen-bond acceptors (Lipinski definition) is 3. The first-order valence-electron chi connectivity index (χ1n) is 4.57. The van der Waals surface area contributed by atoms with E-state index in [4.69, 9.17) is 5.73 Å². The van der Waals surface area contributed by atoms with E-state index in [2.05, 4.69) is 4.98 Å². The molecule has 0 aliphatic rings. The molecule has 1 aromatic carbocycles. The van der Waals surface area contributed by atoms with Crippen molar-refractivity contribution in [2.24, 2.45) is 0 Å².